The maximum Gasteiger partial charge on any atom is 0.227 e. The number of fused-ring (bicyclic) bond motifs is 2. The molecule has 6 aromatic carbocycles. The molecular formula is C51H35N3O. The lowest BCUT2D eigenvalue weighted by molar-refractivity contribution is 0.620. The molecule has 0 saturated heterocycles. The Bertz CT molecular complexity index is 2850. The van der Waals surface area contributed by atoms with Gasteiger partial charge in [0.2, 0.25) is 5.89 Å². The quantitative estimate of drug-likeness (QED) is 0.166. The summed E-state index contributed by atoms with van der Waals surface area (Å²) in [4.78, 5) is 13.7. The fraction of sp³-hybridized carbons (Fsp3) is 0.0392. The van der Waals surface area contributed by atoms with E-state index in [0.29, 0.717) is 11.8 Å². The van der Waals surface area contributed by atoms with E-state index in [2.05, 4.69) is 168 Å². The Morgan fingerprint density at radius 1 is 0.509 bits per heavy atom. The first-order chi connectivity index (χ1) is 27.2. The molecule has 0 bridgehead atoms. The minimum absolute atomic E-state index is 0.317. The lowest BCUT2D eigenvalue weighted by Gasteiger charge is -2.19. The molecule has 0 aliphatic heterocycles. The highest BCUT2D eigenvalue weighted by Crippen LogP contribution is 2.39. The van der Waals surface area contributed by atoms with E-state index in [4.69, 9.17) is 9.40 Å². The summed E-state index contributed by atoms with van der Waals surface area (Å²) in [7, 11) is 0. The highest BCUT2D eigenvalue weighted by atomic mass is 16.3. The van der Waals surface area contributed by atoms with Crippen molar-refractivity contribution in [2.24, 2.45) is 0 Å². The monoisotopic (exact) mass is 705 g/mol. The maximum atomic E-state index is 6.61. The fourth-order valence-electron chi connectivity index (χ4n) is 7.75. The number of hydrogen-bond donors (Lipinski definition) is 0. The number of aromatic nitrogens is 3. The molecule has 10 rings (SSSR count). The molecule has 0 amide bonds. The molecule has 55 heavy (non-hydrogen) atoms. The van der Waals surface area contributed by atoms with Crippen LogP contribution in [0.1, 0.15) is 23.5 Å². The molecule has 3 aromatic heterocycles. The predicted octanol–water partition coefficient (Wildman–Crippen LogP) is 13.2. The van der Waals surface area contributed by atoms with Crippen molar-refractivity contribution >= 4 is 27.4 Å². The van der Waals surface area contributed by atoms with Crippen molar-refractivity contribution in [3.05, 3.63) is 206 Å². The lowest BCUT2D eigenvalue weighted by Crippen LogP contribution is -2.00. The van der Waals surface area contributed by atoms with Crippen molar-refractivity contribution in [1.82, 2.24) is 15.0 Å². The molecule has 0 fully saturated rings. The van der Waals surface area contributed by atoms with Gasteiger partial charge in [-0.3, -0.25) is 9.97 Å². The molecule has 1 aliphatic rings. The van der Waals surface area contributed by atoms with Gasteiger partial charge >= 0.3 is 0 Å². The van der Waals surface area contributed by atoms with E-state index < -0.39 is 0 Å². The Morgan fingerprint density at radius 2 is 1.11 bits per heavy atom. The van der Waals surface area contributed by atoms with Crippen molar-refractivity contribution in [2.75, 3.05) is 0 Å². The molecule has 4 nitrogen and oxygen atoms in total. The van der Waals surface area contributed by atoms with E-state index in [9.17, 15) is 0 Å². The second kappa shape index (κ2) is 14.0. The third-order valence-electron chi connectivity index (χ3n) is 10.7. The second-order valence-electron chi connectivity index (χ2n) is 14.0. The standard InChI is InChI=1S/C51H35N3O/c1-2-10-46-39(6-1)7-3-11-47(46)40-22-18-38(19-23-40)45-30-48(41-24-16-37(17-25-41)44-9-5-29-53-33-44)50-49(31-45)55-51(54-50)42-26-20-35(21-27-42)34-12-14-36(15-13-34)43-8-4-28-52-32-43/h1-22,24-33,40H,23H2. The Morgan fingerprint density at radius 3 is 1.73 bits per heavy atom. The summed E-state index contributed by atoms with van der Waals surface area (Å²) >= 11 is 0. The molecule has 1 atom stereocenters. The van der Waals surface area contributed by atoms with E-state index in [0.717, 1.165) is 73.2 Å². The predicted molar refractivity (Wildman–Crippen MR) is 225 cm³/mol. The molecule has 0 radical (unpaired) electrons. The summed E-state index contributed by atoms with van der Waals surface area (Å²) in [5.74, 6) is 0.917. The number of pyridine rings is 2. The van der Waals surface area contributed by atoms with E-state index in [1.807, 2.05) is 24.5 Å². The van der Waals surface area contributed by atoms with Crippen molar-refractivity contribution in [1.29, 1.82) is 0 Å². The van der Waals surface area contributed by atoms with Crippen molar-refractivity contribution in [3.63, 3.8) is 0 Å². The Labute approximate surface area is 319 Å². The minimum atomic E-state index is 0.317. The fourth-order valence-corrected chi connectivity index (χ4v) is 7.75. The first-order valence-corrected chi connectivity index (χ1v) is 18.7. The van der Waals surface area contributed by atoms with Gasteiger partial charge in [0, 0.05) is 41.8 Å². The summed E-state index contributed by atoms with van der Waals surface area (Å²) in [6.07, 6.45) is 15.3. The summed E-state index contributed by atoms with van der Waals surface area (Å²) in [6, 6.07) is 53.5. The number of hydrogen-bond acceptors (Lipinski definition) is 4. The Kier molecular flexibility index (Phi) is 8.27. The average Bonchev–Trinajstić information content (AvgIpc) is 3.71. The van der Waals surface area contributed by atoms with Gasteiger partial charge in [0.15, 0.2) is 5.58 Å². The number of nitrogens with zero attached hydrogens (tertiary/aromatic N) is 3. The summed E-state index contributed by atoms with van der Waals surface area (Å²) in [6.45, 7) is 0. The zero-order chi connectivity index (χ0) is 36.6. The average molecular weight is 706 g/mol. The third kappa shape index (κ3) is 6.34. The van der Waals surface area contributed by atoms with Crippen LogP contribution in [0.5, 0.6) is 0 Å². The van der Waals surface area contributed by atoms with Crippen LogP contribution >= 0.6 is 0 Å². The van der Waals surface area contributed by atoms with Gasteiger partial charge in [0.1, 0.15) is 5.52 Å². The first kappa shape index (κ1) is 32.5. The molecule has 1 unspecified atom stereocenters. The first-order valence-electron chi connectivity index (χ1n) is 18.7. The van der Waals surface area contributed by atoms with Gasteiger partial charge in [-0.2, -0.15) is 0 Å². The van der Waals surface area contributed by atoms with Gasteiger partial charge in [-0.05, 0) is 109 Å². The smallest absolute Gasteiger partial charge is 0.227 e. The number of benzene rings is 6. The van der Waals surface area contributed by atoms with Crippen LogP contribution < -0.4 is 0 Å². The maximum absolute atomic E-state index is 6.61. The topological polar surface area (TPSA) is 51.8 Å². The molecule has 4 heteroatoms. The summed E-state index contributed by atoms with van der Waals surface area (Å²) < 4.78 is 6.61. The van der Waals surface area contributed by atoms with E-state index in [1.165, 1.54) is 21.9 Å². The highest BCUT2D eigenvalue weighted by Gasteiger charge is 2.19. The zero-order valence-electron chi connectivity index (χ0n) is 30.0. The minimum Gasteiger partial charge on any atom is -0.436 e. The molecule has 1 aliphatic carbocycles. The van der Waals surface area contributed by atoms with Crippen molar-refractivity contribution in [3.8, 4) is 56.0 Å². The van der Waals surface area contributed by atoms with Gasteiger partial charge in [0.05, 0.1) is 0 Å². The Hall–Kier alpha value is -7.17. The van der Waals surface area contributed by atoms with Gasteiger partial charge in [-0.1, -0.05) is 133 Å². The SMILES string of the molecule is C1=CC(c2cccc3ccccc23)CC=C1c1cc(-c2ccc(-c3cccnc3)cc2)c2nc(-c3ccc(-c4ccc(-c5cccnc5)cc4)cc3)oc2c1. The second-order valence-corrected chi connectivity index (χ2v) is 14.0. The third-order valence-corrected chi connectivity index (χ3v) is 10.7. The van der Waals surface area contributed by atoms with Crippen molar-refractivity contribution < 1.29 is 4.42 Å². The number of rotatable bonds is 7. The van der Waals surface area contributed by atoms with Crippen LogP contribution in [0.3, 0.4) is 0 Å². The van der Waals surface area contributed by atoms with Crippen LogP contribution in [-0.4, -0.2) is 15.0 Å². The molecule has 3 heterocycles. The molecular weight excluding hydrogens is 671 g/mol. The van der Waals surface area contributed by atoms with Crippen LogP contribution in [0.25, 0.3) is 83.4 Å². The molecule has 0 spiro atoms. The molecule has 0 N–H and O–H groups in total. The lowest BCUT2D eigenvalue weighted by atomic mass is 9.85. The van der Waals surface area contributed by atoms with Crippen LogP contribution in [0.4, 0.5) is 0 Å². The van der Waals surface area contributed by atoms with Crippen LogP contribution in [0, 0.1) is 0 Å². The van der Waals surface area contributed by atoms with Gasteiger partial charge in [-0.15, -0.1) is 0 Å². The van der Waals surface area contributed by atoms with E-state index in [-0.39, 0.29) is 0 Å². The van der Waals surface area contributed by atoms with Gasteiger partial charge in [-0.25, -0.2) is 4.98 Å². The van der Waals surface area contributed by atoms with Crippen LogP contribution in [0.15, 0.2) is 199 Å². The van der Waals surface area contributed by atoms with Crippen molar-refractivity contribution in [2.45, 2.75) is 12.3 Å². The molecule has 9 aromatic rings. The van der Waals surface area contributed by atoms with E-state index in [1.54, 1.807) is 12.4 Å². The number of allylic oxidation sites excluding steroid dienone is 4. The summed E-state index contributed by atoms with van der Waals surface area (Å²) in [5, 5.41) is 2.59. The van der Waals surface area contributed by atoms with Gasteiger partial charge in [0.25, 0.3) is 0 Å². The molecule has 0 saturated carbocycles. The summed E-state index contributed by atoms with van der Waals surface area (Å²) in [5.41, 5.74) is 15.1. The number of oxazole rings is 1. The highest BCUT2D eigenvalue weighted by molar-refractivity contribution is 5.96. The Balaban J connectivity index is 0.995. The van der Waals surface area contributed by atoms with Gasteiger partial charge < -0.3 is 4.42 Å². The van der Waals surface area contributed by atoms with Crippen LogP contribution in [0.2, 0.25) is 0 Å². The van der Waals surface area contributed by atoms with Crippen LogP contribution in [-0.2, 0) is 0 Å². The zero-order valence-corrected chi connectivity index (χ0v) is 30.0. The van der Waals surface area contributed by atoms with E-state index >= 15 is 0 Å². The molecule has 260 valence electrons. The normalized spacial score (nSPS) is 14.0. The largest absolute Gasteiger partial charge is 0.436 e.